The molecule has 1 aliphatic rings. The van der Waals surface area contributed by atoms with Gasteiger partial charge in [0.1, 0.15) is 6.04 Å². The Labute approximate surface area is 140 Å². The molecular weight excluding hydrogens is 318 g/mol. The summed E-state index contributed by atoms with van der Waals surface area (Å²) in [5.74, 6) is -0.566. The van der Waals surface area contributed by atoms with E-state index in [2.05, 4.69) is 5.32 Å². The van der Waals surface area contributed by atoms with Gasteiger partial charge in [0, 0.05) is 24.7 Å². The first-order valence-electron chi connectivity index (χ1n) is 7.61. The predicted octanol–water partition coefficient (Wildman–Crippen LogP) is 2.02. The Morgan fingerprint density at radius 3 is 2.39 bits per heavy atom. The number of rotatable bonds is 6. The minimum Gasteiger partial charge on any atom is -0.352 e. The molecule has 1 N–H and O–H groups in total. The van der Waals surface area contributed by atoms with Crippen molar-refractivity contribution in [1.82, 2.24) is 15.1 Å². The SMILES string of the molecule is CCN1C(=O)[C@@H](CC(=O)NCc2ccc(Cl)cc2)N(CC)C1=O. The lowest BCUT2D eigenvalue weighted by Crippen LogP contribution is -2.39. The molecule has 1 heterocycles. The normalized spacial score (nSPS) is 17.8. The maximum atomic E-state index is 12.2. The van der Waals surface area contributed by atoms with Gasteiger partial charge in [0.2, 0.25) is 5.91 Å². The van der Waals surface area contributed by atoms with Gasteiger partial charge in [0.15, 0.2) is 0 Å². The summed E-state index contributed by atoms with van der Waals surface area (Å²) in [6, 6.07) is 6.11. The van der Waals surface area contributed by atoms with Gasteiger partial charge in [0.05, 0.1) is 6.42 Å². The summed E-state index contributed by atoms with van der Waals surface area (Å²) in [4.78, 5) is 39.0. The third-order valence-corrected chi connectivity index (χ3v) is 4.09. The zero-order valence-electron chi connectivity index (χ0n) is 13.2. The molecule has 6 nitrogen and oxygen atoms in total. The number of benzene rings is 1. The number of likely N-dealkylation sites (N-methyl/N-ethyl adjacent to an activating group) is 2. The maximum Gasteiger partial charge on any atom is 0.327 e. The molecule has 0 radical (unpaired) electrons. The van der Waals surface area contributed by atoms with Crippen LogP contribution in [0.3, 0.4) is 0 Å². The Hall–Kier alpha value is -2.08. The van der Waals surface area contributed by atoms with Crippen molar-refractivity contribution in [2.75, 3.05) is 13.1 Å². The van der Waals surface area contributed by atoms with Crippen LogP contribution in [0.1, 0.15) is 25.8 Å². The Morgan fingerprint density at radius 1 is 1.17 bits per heavy atom. The molecule has 0 aromatic heterocycles. The van der Waals surface area contributed by atoms with Gasteiger partial charge in [-0.2, -0.15) is 0 Å². The van der Waals surface area contributed by atoms with Gasteiger partial charge in [-0.1, -0.05) is 23.7 Å². The van der Waals surface area contributed by atoms with E-state index >= 15 is 0 Å². The number of nitrogens with one attached hydrogen (secondary N) is 1. The number of nitrogens with zero attached hydrogens (tertiary/aromatic N) is 2. The van der Waals surface area contributed by atoms with Crippen molar-refractivity contribution in [2.24, 2.45) is 0 Å². The predicted molar refractivity (Wildman–Crippen MR) is 86.9 cm³/mol. The fourth-order valence-corrected chi connectivity index (χ4v) is 2.72. The molecule has 124 valence electrons. The Morgan fingerprint density at radius 2 is 1.83 bits per heavy atom. The molecular formula is C16H20ClN3O3. The number of urea groups is 1. The summed E-state index contributed by atoms with van der Waals surface area (Å²) in [6.07, 6.45) is -0.0253. The standard InChI is InChI=1S/C16H20ClN3O3/c1-3-19-13(15(22)20(4-2)16(19)23)9-14(21)18-10-11-5-7-12(17)8-6-11/h5-8,13H,3-4,9-10H2,1-2H3,(H,18,21)/t13-/m1/s1. The highest BCUT2D eigenvalue weighted by atomic mass is 35.5. The van der Waals surface area contributed by atoms with Crippen molar-refractivity contribution in [3.05, 3.63) is 34.9 Å². The van der Waals surface area contributed by atoms with E-state index in [1.165, 1.54) is 9.80 Å². The van der Waals surface area contributed by atoms with Crippen molar-refractivity contribution in [2.45, 2.75) is 32.9 Å². The molecule has 1 aliphatic heterocycles. The van der Waals surface area contributed by atoms with E-state index in [0.29, 0.717) is 24.7 Å². The summed E-state index contributed by atoms with van der Waals surface area (Å²) in [5, 5.41) is 3.40. The first-order chi connectivity index (χ1) is 11.0. The van der Waals surface area contributed by atoms with Crippen LogP contribution in [0, 0.1) is 0 Å². The molecule has 0 spiro atoms. The molecule has 23 heavy (non-hydrogen) atoms. The second kappa shape index (κ2) is 7.46. The number of imide groups is 1. The fourth-order valence-electron chi connectivity index (χ4n) is 2.59. The van der Waals surface area contributed by atoms with Crippen molar-refractivity contribution < 1.29 is 14.4 Å². The maximum absolute atomic E-state index is 12.2. The van der Waals surface area contributed by atoms with Crippen LogP contribution in [-0.4, -0.2) is 46.8 Å². The van der Waals surface area contributed by atoms with Gasteiger partial charge in [-0.25, -0.2) is 4.79 Å². The van der Waals surface area contributed by atoms with Gasteiger partial charge in [-0.3, -0.25) is 14.5 Å². The van der Waals surface area contributed by atoms with Crippen molar-refractivity contribution in [1.29, 1.82) is 0 Å². The number of hydrogen-bond acceptors (Lipinski definition) is 3. The fraction of sp³-hybridized carbons (Fsp3) is 0.438. The second-order valence-corrected chi connectivity index (χ2v) is 5.71. The number of hydrogen-bond donors (Lipinski definition) is 1. The average molecular weight is 338 g/mol. The van der Waals surface area contributed by atoms with Gasteiger partial charge in [-0.05, 0) is 31.5 Å². The highest BCUT2D eigenvalue weighted by molar-refractivity contribution is 6.30. The highest BCUT2D eigenvalue weighted by Crippen LogP contribution is 2.19. The Bertz CT molecular complexity index is 603. The van der Waals surface area contributed by atoms with Crippen LogP contribution >= 0.6 is 11.6 Å². The zero-order valence-corrected chi connectivity index (χ0v) is 14.0. The minimum atomic E-state index is -0.710. The molecule has 1 atom stereocenters. The summed E-state index contributed by atoms with van der Waals surface area (Å²) >= 11 is 5.81. The highest BCUT2D eigenvalue weighted by Gasteiger charge is 2.44. The van der Waals surface area contributed by atoms with Crippen molar-refractivity contribution in [3.8, 4) is 0 Å². The molecule has 1 fully saturated rings. The number of halogens is 1. The van der Waals surface area contributed by atoms with Gasteiger partial charge >= 0.3 is 6.03 Å². The van der Waals surface area contributed by atoms with E-state index in [-0.39, 0.29) is 24.3 Å². The quantitative estimate of drug-likeness (QED) is 0.807. The van der Waals surface area contributed by atoms with Gasteiger partial charge in [0.25, 0.3) is 5.91 Å². The summed E-state index contributed by atoms with van der Waals surface area (Å²) in [7, 11) is 0. The number of carbonyl (C=O) groups is 3. The van der Waals surface area contributed by atoms with E-state index in [1.807, 2.05) is 12.1 Å². The lowest BCUT2D eigenvalue weighted by molar-refractivity contribution is -0.132. The van der Waals surface area contributed by atoms with E-state index in [1.54, 1.807) is 26.0 Å². The van der Waals surface area contributed by atoms with Crippen molar-refractivity contribution in [3.63, 3.8) is 0 Å². The molecule has 1 aromatic carbocycles. The summed E-state index contributed by atoms with van der Waals surface area (Å²) < 4.78 is 0. The number of carbonyl (C=O) groups excluding carboxylic acids is 3. The molecule has 0 saturated carbocycles. The minimum absolute atomic E-state index is 0.0253. The molecule has 0 bridgehead atoms. The summed E-state index contributed by atoms with van der Waals surface area (Å²) in [6.45, 7) is 4.61. The van der Waals surface area contributed by atoms with Crippen LogP contribution in [0.4, 0.5) is 4.79 Å². The van der Waals surface area contributed by atoms with Crippen LogP contribution in [-0.2, 0) is 16.1 Å². The Balaban J connectivity index is 1.94. The topological polar surface area (TPSA) is 69.7 Å². The van der Waals surface area contributed by atoms with Crippen LogP contribution in [0.2, 0.25) is 5.02 Å². The van der Waals surface area contributed by atoms with Crippen molar-refractivity contribution >= 4 is 29.4 Å². The smallest absolute Gasteiger partial charge is 0.327 e. The third-order valence-electron chi connectivity index (χ3n) is 3.84. The first kappa shape index (κ1) is 17.3. The van der Waals surface area contributed by atoms with E-state index in [0.717, 1.165) is 5.56 Å². The zero-order chi connectivity index (χ0) is 17.0. The molecule has 7 heteroatoms. The molecule has 0 aliphatic carbocycles. The molecule has 0 unspecified atom stereocenters. The lowest BCUT2D eigenvalue weighted by atomic mass is 10.1. The molecule has 1 saturated heterocycles. The van der Waals surface area contributed by atoms with Crippen LogP contribution in [0.15, 0.2) is 24.3 Å². The Kier molecular flexibility index (Phi) is 5.60. The van der Waals surface area contributed by atoms with E-state index < -0.39 is 6.04 Å². The van der Waals surface area contributed by atoms with E-state index in [4.69, 9.17) is 11.6 Å². The monoisotopic (exact) mass is 337 g/mol. The number of amides is 4. The lowest BCUT2D eigenvalue weighted by Gasteiger charge is -2.19. The molecule has 4 amide bonds. The average Bonchev–Trinajstić information content (AvgIpc) is 2.76. The third kappa shape index (κ3) is 3.82. The van der Waals surface area contributed by atoms with E-state index in [9.17, 15) is 14.4 Å². The summed E-state index contributed by atoms with van der Waals surface area (Å²) in [5.41, 5.74) is 0.916. The van der Waals surface area contributed by atoms with Crippen LogP contribution < -0.4 is 5.32 Å². The molecule has 1 aromatic rings. The van der Waals surface area contributed by atoms with Gasteiger partial charge < -0.3 is 10.2 Å². The van der Waals surface area contributed by atoms with Gasteiger partial charge in [-0.15, -0.1) is 0 Å². The van der Waals surface area contributed by atoms with Crippen LogP contribution in [0.25, 0.3) is 0 Å². The van der Waals surface area contributed by atoms with Crippen LogP contribution in [0.5, 0.6) is 0 Å². The first-order valence-corrected chi connectivity index (χ1v) is 7.98. The second-order valence-electron chi connectivity index (χ2n) is 5.27. The molecule has 2 rings (SSSR count). The largest absolute Gasteiger partial charge is 0.352 e.